The van der Waals surface area contributed by atoms with Crippen LogP contribution in [0.5, 0.6) is 0 Å². The number of aromatic nitrogens is 8. The number of alkyl halides is 1. The monoisotopic (exact) mass is 673 g/mol. The van der Waals surface area contributed by atoms with Gasteiger partial charge < -0.3 is 25.8 Å². The lowest BCUT2D eigenvalue weighted by atomic mass is 10.0. The molecule has 0 amide bonds. The SMILES string of the molecule is C[C@H]1[C@H]2OP(=O)(O)OC[C@H]3OC(n4cnc5c(N)ncnc54)[C@H](F)[C@@H]3OS(=O)(=O)NC[C@H]1O[C@H]2n1cnc2c(=O)[nH]c(N)nc21. The normalized spacial score (nSPS) is 35.5. The molecular weight excluding hydrogens is 648 g/mol. The van der Waals surface area contributed by atoms with Gasteiger partial charge in [0.15, 0.2) is 41.3 Å². The Balaban J connectivity index is 1.21. The van der Waals surface area contributed by atoms with Gasteiger partial charge in [0.05, 0.1) is 25.4 Å². The van der Waals surface area contributed by atoms with Crippen LogP contribution >= 0.6 is 7.82 Å². The van der Waals surface area contributed by atoms with Crippen LogP contribution in [0.2, 0.25) is 0 Å². The van der Waals surface area contributed by atoms with Gasteiger partial charge in [-0.2, -0.15) is 18.1 Å². The molecule has 0 aliphatic carbocycles. The Labute approximate surface area is 250 Å². The van der Waals surface area contributed by atoms with Crippen LogP contribution in [0.25, 0.3) is 22.3 Å². The number of phosphoric acid groups is 1. The van der Waals surface area contributed by atoms with E-state index in [4.69, 9.17) is 34.2 Å². The van der Waals surface area contributed by atoms with Crippen molar-refractivity contribution >= 4 is 52.2 Å². The van der Waals surface area contributed by atoms with E-state index in [1.807, 2.05) is 0 Å². The number of anilines is 2. The molecule has 3 aliphatic rings. The van der Waals surface area contributed by atoms with E-state index in [-0.39, 0.29) is 34.1 Å². The minimum Gasteiger partial charge on any atom is -0.382 e. The Morgan fingerprint density at radius 3 is 2.53 bits per heavy atom. The summed E-state index contributed by atoms with van der Waals surface area (Å²) < 4.78 is 87.7. The number of ether oxygens (including phenoxy) is 2. The summed E-state index contributed by atoms with van der Waals surface area (Å²) in [5, 5.41) is 0. The fraction of sp³-hybridized carbons (Fsp3) is 0.524. The molecule has 21 nitrogen and oxygen atoms in total. The number of hydrogen-bond acceptors (Lipinski definition) is 16. The Morgan fingerprint density at radius 2 is 1.76 bits per heavy atom. The third-order valence-electron chi connectivity index (χ3n) is 7.71. The van der Waals surface area contributed by atoms with Crippen molar-refractivity contribution in [3.05, 3.63) is 29.3 Å². The van der Waals surface area contributed by atoms with E-state index in [0.29, 0.717) is 0 Å². The van der Waals surface area contributed by atoms with Crippen molar-refractivity contribution in [2.45, 2.75) is 50.0 Å². The first kappa shape index (κ1) is 30.0. The standard InChI is InChI=1S/C21H25FN11O10PS/c1-7-8-2-29-45(37,38)43-14-9(41-19(10(14)22)32-5-27-11-15(23)25-4-26-16(11)32)3-39-44(35,36)42-13(7)20(40-8)33-6-28-12-17(33)30-21(24)31-18(12)34/h4-10,13-14,19-20,29H,2-3H2,1H3,(H,35,36)(H2,23,25,26)(H3,24,30,31,34)/t7-,8-,9-,10-,13-,14-,19?,20-/m1/s1. The lowest BCUT2D eigenvalue weighted by Crippen LogP contribution is -2.42. The second-order valence-electron chi connectivity index (χ2n) is 10.5. The Kier molecular flexibility index (Phi) is 7.14. The first-order valence-corrected chi connectivity index (χ1v) is 16.2. The lowest BCUT2D eigenvalue weighted by molar-refractivity contribution is -0.0551. The number of nitrogens with zero attached hydrogens (tertiary/aromatic N) is 7. The first-order valence-electron chi connectivity index (χ1n) is 13.3. The molecule has 3 saturated heterocycles. The van der Waals surface area contributed by atoms with Crippen LogP contribution in [-0.2, 0) is 37.6 Å². The molecule has 3 fully saturated rings. The van der Waals surface area contributed by atoms with Crippen LogP contribution in [0.15, 0.2) is 23.8 Å². The maximum atomic E-state index is 15.9. The number of hydrogen-bond donors (Lipinski definition) is 5. The molecule has 4 aromatic rings. The van der Waals surface area contributed by atoms with Gasteiger partial charge in [-0.05, 0) is 0 Å². The summed E-state index contributed by atoms with van der Waals surface area (Å²) >= 11 is 0. The number of halogens is 1. The van der Waals surface area contributed by atoms with E-state index >= 15 is 4.39 Å². The van der Waals surface area contributed by atoms with Gasteiger partial charge in [0.2, 0.25) is 5.95 Å². The van der Waals surface area contributed by atoms with E-state index in [9.17, 15) is 22.7 Å². The van der Waals surface area contributed by atoms with Crippen LogP contribution in [-0.4, -0.2) is 96.1 Å². The molecule has 7 N–H and O–H groups in total. The van der Waals surface area contributed by atoms with Crippen molar-refractivity contribution < 1.29 is 45.0 Å². The summed E-state index contributed by atoms with van der Waals surface area (Å²) in [6.45, 7) is 0.302. The van der Waals surface area contributed by atoms with Gasteiger partial charge >= 0.3 is 18.1 Å². The third-order valence-corrected chi connectivity index (χ3v) is 9.69. The minimum absolute atomic E-state index is 0.0126. The van der Waals surface area contributed by atoms with Gasteiger partial charge in [-0.15, -0.1) is 0 Å². The highest BCUT2D eigenvalue weighted by atomic mass is 32.2. The Hall–Kier alpha value is -3.67. The van der Waals surface area contributed by atoms with E-state index in [0.717, 1.165) is 10.9 Å². The number of imidazole rings is 2. The molecule has 4 aromatic heterocycles. The number of phosphoric ester groups is 1. The summed E-state index contributed by atoms with van der Waals surface area (Å²) in [6, 6.07) is 0. The van der Waals surface area contributed by atoms with Crippen molar-refractivity contribution in [3.8, 4) is 0 Å². The molecule has 2 bridgehead atoms. The average Bonchev–Trinajstić information content (AvgIpc) is 3.72. The maximum Gasteiger partial charge on any atom is 0.472 e. The molecule has 2 unspecified atom stereocenters. The van der Waals surface area contributed by atoms with Gasteiger partial charge in [-0.1, -0.05) is 6.92 Å². The Bertz CT molecular complexity index is 2010. The largest absolute Gasteiger partial charge is 0.472 e. The molecular formula is C21H25FN11O10PS. The zero-order chi connectivity index (χ0) is 31.8. The van der Waals surface area contributed by atoms with Gasteiger partial charge in [-0.25, -0.2) is 33.1 Å². The highest BCUT2D eigenvalue weighted by Crippen LogP contribution is 2.51. The van der Waals surface area contributed by atoms with Gasteiger partial charge in [0.25, 0.3) is 5.56 Å². The van der Waals surface area contributed by atoms with Crippen molar-refractivity contribution in [3.63, 3.8) is 0 Å². The highest BCUT2D eigenvalue weighted by molar-refractivity contribution is 7.84. The maximum absolute atomic E-state index is 15.9. The highest BCUT2D eigenvalue weighted by Gasteiger charge is 2.53. The van der Waals surface area contributed by atoms with E-state index < -0.39 is 85.8 Å². The predicted octanol–water partition coefficient (Wildman–Crippen LogP) is -1.37. The number of nitrogens with one attached hydrogen (secondary N) is 2. The zero-order valence-corrected chi connectivity index (χ0v) is 24.6. The Morgan fingerprint density at radius 1 is 1.04 bits per heavy atom. The predicted molar refractivity (Wildman–Crippen MR) is 147 cm³/mol. The number of rotatable bonds is 2. The fourth-order valence-corrected chi connectivity index (χ4v) is 7.49. The third kappa shape index (κ3) is 5.24. The zero-order valence-electron chi connectivity index (χ0n) is 22.9. The molecule has 9 atom stereocenters. The lowest BCUT2D eigenvalue weighted by Gasteiger charge is -2.25. The summed E-state index contributed by atoms with van der Waals surface area (Å²) in [7, 11) is -9.68. The van der Waals surface area contributed by atoms with Crippen molar-refractivity contribution in [2.24, 2.45) is 5.92 Å². The molecule has 0 saturated carbocycles. The van der Waals surface area contributed by atoms with Crippen LogP contribution in [0.1, 0.15) is 19.4 Å². The fourth-order valence-electron chi connectivity index (χ4n) is 5.53. The van der Waals surface area contributed by atoms with E-state index in [1.165, 1.54) is 17.2 Å². The van der Waals surface area contributed by atoms with Crippen molar-refractivity contribution in [2.75, 3.05) is 24.6 Å². The minimum atomic E-state index is -4.99. The molecule has 0 spiro atoms. The van der Waals surface area contributed by atoms with E-state index in [1.54, 1.807) is 6.92 Å². The molecule has 7 heterocycles. The van der Waals surface area contributed by atoms with E-state index in [2.05, 4.69) is 34.6 Å². The summed E-state index contributed by atoms with van der Waals surface area (Å²) in [5.74, 6) is -0.983. The topological polar surface area (TPSA) is 289 Å². The number of H-pyrrole nitrogens is 1. The van der Waals surface area contributed by atoms with Crippen LogP contribution in [0, 0.1) is 5.92 Å². The molecule has 45 heavy (non-hydrogen) atoms. The smallest absolute Gasteiger partial charge is 0.382 e. The first-order chi connectivity index (χ1) is 21.3. The van der Waals surface area contributed by atoms with Gasteiger partial charge in [0, 0.05) is 12.5 Å². The number of fused-ring (bicyclic) bond motifs is 5. The molecule has 3 aliphatic heterocycles. The molecule has 0 radical (unpaired) electrons. The van der Waals surface area contributed by atoms with Gasteiger partial charge in [0.1, 0.15) is 30.2 Å². The summed E-state index contributed by atoms with van der Waals surface area (Å²) in [6.07, 6.45) is -7.14. The van der Waals surface area contributed by atoms with Gasteiger partial charge in [-0.3, -0.25) is 28.0 Å². The van der Waals surface area contributed by atoms with Crippen LogP contribution in [0.4, 0.5) is 16.2 Å². The number of aromatic amines is 1. The number of nitrogen functional groups attached to an aromatic ring is 2. The van der Waals surface area contributed by atoms with Crippen molar-refractivity contribution in [1.29, 1.82) is 0 Å². The average molecular weight is 674 g/mol. The summed E-state index contributed by atoms with van der Waals surface area (Å²) in [5.41, 5.74) is 11.0. The molecule has 242 valence electrons. The molecule has 7 rings (SSSR count). The second-order valence-corrected chi connectivity index (χ2v) is 13.3. The van der Waals surface area contributed by atoms with Crippen molar-refractivity contribution in [1.82, 2.24) is 43.8 Å². The quantitative estimate of drug-likeness (QED) is 0.153. The van der Waals surface area contributed by atoms with Crippen LogP contribution < -0.4 is 21.7 Å². The molecule has 0 aromatic carbocycles. The summed E-state index contributed by atoms with van der Waals surface area (Å²) in [4.78, 5) is 45.4. The van der Waals surface area contributed by atoms with Crippen LogP contribution in [0.3, 0.4) is 0 Å². The molecule has 24 heteroatoms. The second kappa shape index (κ2) is 10.7. The number of nitrogens with two attached hydrogens (primary N) is 2.